The number of allylic oxidation sites excluding steroid dienone is 2. The number of carbonyl (C=O) groups excluding carboxylic acids is 1. The average Bonchev–Trinajstić information content (AvgIpc) is 3.01. The zero-order chi connectivity index (χ0) is 23.3. The van der Waals surface area contributed by atoms with Gasteiger partial charge in [0.2, 0.25) is 0 Å². The number of anilines is 2. The van der Waals surface area contributed by atoms with Gasteiger partial charge in [-0.2, -0.15) is 8.42 Å². The highest BCUT2D eigenvalue weighted by atomic mass is 32.2. The van der Waals surface area contributed by atoms with Gasteiger partial charge in [0.05, 0.1) is 6.20 Å². The molecule has 1 aromatic carbocycles. The number of phenolic OH excluding ortho intramolecular Hbond substituents is 1. The van der Waals surface area contributed by atoms with Gasteiger partial charge in [-0.15, -0.1) is 0 Å². The van der Waals surface area contributed by atoms with Gasteiger partial charge in [0.1, 0.15) is 36.2 Å². The first-order valence-electron chi connectivity index (χ1n) is 9.68. The van der Waals surface area contributed by atoms with E-state index in [0.717, 1.165) is 11.6 Å². The van der Waals surface area contributed by atoms with Crippen LogP contribution in [0.15, 0.2) is 54.3 Å². The van der Waals surface area contributed by atoms with Crippen molar-refractivity contribution in [3.63, 3.8) is 0 Å². The van der Waals surface area contributed by atoms with Crippen LogP contribution in [0.1, 0.15) is 19.4 Å². The summed E-state index contributed by atoms with van der Waals surface area (Å²) in [6, 6.07) is 5.74. The van der Waals surface area contributed by atoms with Crippen LogP contribution in [-0.2, 0) is 21.5 Å². The summed E-state index contributed by atoms with van der Waals surface area (Å²) in [6.45, 7) is 3.78. The largest absolute Gasteiger partial charge is 0.506 e. The number of pyridine rings is 1. The van der Waals surface area contributed by atoms with Crippen LogP contribution < -0.4 is 19.1 Å². The van der Waals surface area contributed by atoms with Crippen LogP contribution in [0.25, 0.3) is 0 Å². The Balaban J connectivity index is 1.64. The number of hydrogen-bond donors (Lipinski definition) is 3. The summed E-state index contributed by atoms with van der Waals surface area (Å²) in [5, 5.41) is 13.2. The van der Waals surface area contributed by atoms with Crippen molar-refractivity contribution in [2.45, 2.75) is 20.4 Å². The molecular weight excluding hydrogens is 439 g/mol. The molecule has 11 heteroatoms. The molecule has 9 nitrogen and oxygen atoms in total. The van der Waals surface area contributed by atoms with Crippen LogP contribution in [0.2, 0.25) is 0 Å². The van der Waals surface area contributed by atoms with Gasteiger partial charge in [0.15, 0.2) is 5.82 Å². The predicted octanol–water partition coefficient (Wildman–Crippen LogP) is 2.62. The first kappa shape index (κ1) is 23.1. The van der Waals surface area contributed by atoms with E-state index in [0.29, 0.717) is 28.0 Å². The second-order valence-electron chi connectivity index (χ2n) is 6.87. The van der Waals surface area contributed by atoms with Crippen molar-refractivity contribution < 1.29 is 27.4 Å². The first-order chi connectivity index (χ1) is 15.2. The third-order valence-electron chi connectivity index (χ3n) is 4.54. The van der Waals surface area contributed by atoms with E-state index in [-0.39, 0.29) is 6.54 Å². The molecule has 0 atom stereocenters. The number of phenols is 1. The Labute approximate surface area is 185 Å². The minimum atomic E-state index is -4.23. The highest BCUT2D eigenvalue weighted by Crippen LogP contribution is 2.34. The molecule has 32 heavy (non-hydrogen) atoms. The summed E-state index contributed by atoms with van der Waals surface area (Å²) < 4.78 is 46.3. The van der Waals surface area contributed by atoms with Gasteiger partial charge in [-0.1, -0.05) is 18.2 Å². The van der Waals surface area contributed by atoms with Gasteiger partial charge in [-0.25, -0.2) is 18.4 Å². The Morgan fingerprint density at radius 3 is 2.72 bits per heavy atom. The quantitative estimate of drug-likeness (QED) is 0.516. The summed E-state index contributed by atoms with van der Waals surface area (Å²) in [6.07, 6.45) is 7.39. The van der Waals surface area contributed by atoms with E-state index in [1.165, 1.54) is 6.07 Å². The number of halogens is 1. The van der Waals surface area contributed by atoms with Crippen molar-refractivity contribution in [1.29, 1.82) is 0 Å². The van der Waals surface area contributed by atoms with E-state index in [1.807, 2.05) is 32.1 Å². The number of aromatic hydroxyl groups is 1. The minimum Gasteiger partial charge on any atom is -0.506 e. The normalized spacial score (nSPS) is 15.8. The third-order valence-corrected chi connectivity index (χ3v) is 5.92. The van der Waals surface area contributed by atoms with Crippen LogP contribution >= 0.6 is 0 Å². The van der Waals surface area contributed by atoms with Crippen molar-refractivity contribution in [1.82, 2.24) is 9.71 Å². The third kappa shape index (κ3) is 5.35. The summed E-state index contributed by atoms with van der Waals surface area (Å²) in [5.41, 5.74) is 0.804. The number of carbonyl (C=O) groups is 1. The topological polar surface area (TPSA) is 121 Å². The molecule has 0 saturated carbocycles. The molecule has 1 aliphatic heterocycles. The molecule has 1 amide bonds. The number of amides is 1. The van der Waals surface area contributed by atoms with Crippen LogP contribution in [0.3, 0.4) is 0 Å². The highest BCUT2D eigenvalue weighted by molar-refractivity contribution is 7.92. The lowest BCUT2D eigenvalue weighted by Crippen LogP contribution is -2.30. The number of benzene rings is 1. The fraction of sp³-hybridized carbons (Fsp3) is 0.238. The Morgan fingerprint density at radius 2 is 2.16 bits per heavy atom. The van der Waals surface area contributed by atoms with Gasteiger partial charge in [0.25, 0.3) is 5.91 Å². The van der Waals surface area contributed by atoms with E-state index in [2.05, 4.69) is 10.3 Å². The van der Waals surface area contributed by atoms with Crippen LogP contribution in [0.5, 0.6) is 11.5 Å². The van der Waals surface area contributed by atoms with Crippen molar-refractivity contribution in [2.75, 3.05) is 22.8 Å². The van der Waals surface area contributed by atoms with Crippen LogP contribution in [0, 0.1) is 5.82 Å². The zero-order valence-corrected chi connectivity index (χ0v) is 18.3. The van der Waals surface area contributed by atoms with Crippen LogP contribution in [0.4, 0.5) is 15.9 Å². The number of nitrogens with zero attached hydrogens (tertiary/aromatic N) is 2. The van der Waals surface area contributed by atoms with Crippen LogP contribution in [-0.4, -0.2) is 37.6 Å². The van der Waals surface area contributed by atoms with Crippen molar-refractivity contribution in [2.24, 2.45) is 0 Å². The Hall–Kier alpha value is -3.60. The maximum Gasteiger partial charge on any atom is 0.326 e. The predicted molar refractivity (Wildman–Crippen MR) is 118 cm³/mol. The van der Waals surface area contributed by atoms with Crippen molar-refractivity contribution in [3.8, 4) is 11.5 Å². The zero-order valence-electron chi connectivity index (χ0n) is 17.5. The average molecular weight is 463 g/mol. The lowest BCUT2D eigenvalue weighted by molar-refractivity contribution is -0.117. The summed E-state index contributed by atoms with van der Waals surface area (Å²) in [7, 11) is -4.23. The second-order valence-corrected chi connectivity index (χ2v) is 8.46. The van der Waals surface area contributed by atoms with E-state index in [1.54, 1.807) is 23.1 Å². The molecule has 2 aromatic rings. The molecule has 1 saturated heterocycles. The standard InChI is InChI=1S/C21H23FN4O5S/c1-3-5-14(4-2)13-31-16-6-7-19(24-11-16)23-10-15-8-17(22)21(18(27)9-15)26-12-20(28)25-32(26,29)30/h3-9,11,27H,10,12-13H2,1-2H3,(H,23,24)(H,25,28)/b5-3-,14-4+. The molecule has 170 valence electrons. The van der Waals surface area contributed by atoms with Gasteiger partial charge in [-0.05, 0) is 49.2 Å². The summed E-state index contributed by atoms with van der Waals surface area (Å²) in [5.74, 6) is -1.30. The molecule has 0 radical (unpaired) electrons. The number of aromatic nitrogens is 1. The van der Waals surface area contributed by atoms with Crippen molar-refractivity contribution >= 4 is 27.6 Å². The molecule has 3 rings (SSSR count). The van der Waals surface area contributed by atoms with E-state index < -0.39 is 39.9 Å². The lowest BCUT2D eigenvalue weighted by Gasteiger charge is -2.18. The molecule has 0 unspecified atom stereocenters. The molecule has 2 heterocycles. The molecular formula is C21H23FN4O5S. The highest BCUT2D eigenvalue weighted by Gasteiger charge is 2.37. The lowest BCUT2D eigenvalue weighted by atomic mass is 10.1. The van der Waals surface area contributed by atoms with Gasteiger partial charge in [0, 0.05) is 6.54 Å². The number of ether oxygens (including phenoxy) is 1. The molecule has 1 aliphatic rings. The first-order valence-corrected chi connectivity index (χ1v) is 11.1. The second kappa shape index (κ2) is 9.69. The number of nitrogens with one attached hydrogen (secondary N) is 2. The van der Waals surface area contributed by atoms with Gasteiger partial charge in [-0.3, -0.25) is 4.79 Å². The van der Waals surface area contributed by atoms with E-state index in [4.69, 9.17) is 4.74 Å². The Bertz CT molecular complexity index is 1140. The maximum atomic E-state index is 14.6. The summed E-state index contributed by atoms with van der Waals surface area (Å²) >= 11 is 0. The monoisotopic (exact) mass is 462 g/mol. The Morgan fingerprint density at radius 1 is 1.38 bits per heavy atom. The van der Waals surface area contributed by atoms with Gasteiger partial charge >= 0.3 is 10.2 Å². The molecule has 1 fully saturated rings. The minimum absolute atomic E-state index is 0.117. The Kier molecular flexibility index (Phi) is 6.98. The molecule has 1 aromatic heterocycles. The molecule has 0 aliphatic carbocycles. The van der Waals surface area contributed by atoms with E-state index in [9.17, 15) is 22.7 Å². The summed E-state index contributed by atoms with van der Waals surface area (Å²) in [4.78, 5) is 15.6. The molecule has 0 bridgehead atoms. The number of rotatable bonds is 8. The van der Waals surface area contributed by atoms with Gasteiger partial charge < -0.3 is 15.2 Å². The fourth-order valence-corrected chi connectivity index (χ4v) is 4.18. The van der Waals surface area contributed by atoms with Crippen molar-refractivity contribution in [3.05, 3.63) is 65.6 Å². The SMILES string of the molecule is C/C=C\C(=C/C)COc1ccc(NCc2cc(O)c(N3CC(=O)NS3(=O)=O)c(F)c2)nc1. The molecule has 0 spiro atoms. The fourth-order valence-electron chi connectivity index (χ4n) is 3.01. The van der Waals surface area contributed by atoms with E-state index >= 15 is 0 Å². The number of hydrogen-bond acceptors (Lipinski definition) is 7. The maximum absolute atomic E-state index is 14.6. The smallest absolute Gasteiger partial charge is 0.326 e. The molecule has 3 N–H and O–H groups in total.